The summed E-state index contributed by atoms with van der Waals surface area (Å²) in [6, 6.07) is 2.97. The van der Waals surface area contributed by atoms with E-state index in [-0.39, 0.29) is 17.4 Å². The molecule has 1 rings (SSSR count). The maximum absolute atomic E-state index is 10.6. The van der Waals surface area contributed by atoms with Crippen molar-refractivity contribution in [2.45, 2.75) is 18.7 Å². The molecule has 0 N–H and O–H groups in total. The van der Waals surface area contributed by atoms with Gasteiger partial charge in [0.15, 0.2) is 0 Å². The molecule has 0 bridgehead atoms. The van der Waals surface area contributed by atoms with Crippen molar-refractivity contribution in [2.24, 2.45) is 0 Å². The Hall–Kier alpha value is -0.800. The largest absolute Gasteiger partial charge is 0.270 e. The van der Waals surface area contributed by atoms with Gasteiger partial charge in [-0.2, -0.15) is 0 Å². The van der Waals surface area contributed by atoms with Gasteiger partial charge in [0.1, 0.15) is 0 Å². The number of hydrogen-bond acceptors (Lipinski definition) is 2. The van der Waals surface area contributed by atoms with E-state index < -0.39 is 4.92 Å². The number of hydrogen-bond donors (Lipinski definition) is 0. The van der Waals surface area contributed by atoms with E-state index in [0.717, 1.165) is 16.7 Å². The summed E-state index contributed by atoms with van der Waals surface area (Å²) in [6.07, 6.45) is 0. The monoisotopic (exact) mass is 233 g/mol. The Balaban J connectivity index is 3.32. The zero-order valence-corrected chi connectivity index (χ0v) is 9.10. The van der Waals surface area contributed by atoms with Crippen LogP contribution in [0.3, 0.4) is 0 Å². The summed E-state index contributed by atoms with van der Waals surface area (Å²) in [5, 5.41) is 10.6. The van der Waals surface area contributed by atoms with Crippen molar-refractivity contribution in [3.63, 3.8) is 0 Å². The molecule has 76 valence electrons. The first kappa shape index (κ1) is 11.3. The first-order chi connectivity index (χ1) is 6.60. The van der Waals surface area contributed by atoms with Crippen molar-refractivity contribution in [2.75, 3.05) is 0 Å². The highest BCUT2D eigenvalue weighted by atomic mass is 35.5. The average Bonchev–Trinajstić information content (AvgIpc) is 2.17. The highest BCUT2D eigenvalue weighted by Gasteiger charge is 2.12. The second-order valence-electron chi connectivity index (χ2n) is 2.91. The Morgan fingerprint density at radius 2 is 1.71 bits per heavy atom. The third-order valence-electron chi connectivity index (χ3n) is 2.11. The molecule has 0 saturated heterocycles. The minimum absolute atomic E-state index is 0.0434. The molecule has 0 atom stereocenters. The van der Waals surface area contributed by atoms with Crippen molar-refractivity contribution in [3.8, 4) is 0 Å². The smallest absolute Gasteiger partial charge is 0.258 e. The Morgan fingerprint density at radius 1 is 1.29 bits per heavy atom. The number of nitro groups is 1. The van der Waals surface area contributed by atoms with Crippen LogP contribution in [0, 0.1) is 17.0 Å². The van der Waals surface area contributed by atoms with Gasteiger partial charge in [-0.15, -0.1) is 23.2 Å². The summed E-state index contributed by atoms with van der Waals surface area (Å²) >= 11 is 11.3. The topological polar surface area (TPSA) is 43.1 Å². The molecule has 0 saturated carbocycles. The second-order valence-corrected chi connectivity index (χ2v) is 3.45. The summed E-state index contributed by atoms with van der Waals surface area (Å²) < 4.78 is 0. The standard InChI is InChI=1S/C9H9Cl2NO2/c1-6-7(4-10)2-9(12(13)14)3-8(6)5-11/h2-3H,4-5H2,1H3. The van der Waals surface area contributed by atoms with Crippen LogP contribution in [0.2, 0.25) is 0 Å². The summed E-state index contributed by atoms with van der Waals surface area (Å²) in [5.74, 6) is 0.523. The van der Waals surface area contributed by atoms with Crippen LogP contribution in [0.15, 0.2) is 12.1 Å². The maximum Gasteiger partial charge on any atom is 0.270 e. The highest BCUT2D eigenvalue weighted by molar-refractivity contribution is 6.18. The molecular weight excluding hydrogens is 225 g/mol. The van der Waals surface area contributed by atoms with Crippen molar-refractivity contribution in [1.29, 1.82) is 0 Å². The molecule has 1 aromatic rings. The summed E-state index contributed by atoms with van der Waals surface area (Å²) in [6.45, 7) is 1.86. The van der Waals surface area contributed by atoms with Crippen LogP contribution in [-0.4, -0.2) is 4.92 Å². The molecule has 3 nitrogen and oxygen atoms in total. The molecule has 0 fully saturated rings. The second kappa shape index (κ2) is 4.62. The normalized spacial score (nSPS) is 10.2. The van der Waals surface area contributed by atoms with Gasteiger partial charge in [0.2, 0.25) is 0 Å². The molecule has 0 unspecified atom stereocenters. The van der Waals surface area contributed by atoms with Gasteiger partial charge in [-0.1, -0.05) is 0 Å². The SMILES string of the molecule is Cc1c(CCl)cc([N+](=O)[O-])cc1CCl. The Kier molecular flexibility index (Phi) is 3.72. The lowest BCUT2D eigenvalue weighted by Gasteiger charge is -2.06. The number of benzene rings is 1. The lowest BCUT2D eigenvalue weighted by molar-refractivity contribution is -0.385. The third-order valence-corrected chi connectivity index (χ3v) is 2.68. The number of nitro benzene ring substituents is 1. The van der Waals surface area contributed by atoms with E-state index in [1.54, 1.807) is 0 Å². The number of halogens is 2. The van der Waals surface area contributed by atoms with E-state index >= 15 is 0 Å². The van der Waals surface area contributed by atoms with Gasteiger partial charge in [0.05, 0.1) is 4.92 Å². The Morgan fingerprint density at radius 3 is 2.00 bits per heavy atom. The van der Waals surface area contributed by atoms with Gasteiger partial charge in [-0.25, -0.2) is 0 Å². The fourth-order valence-electron chi connectivity index (χ4n) is 1.20. The third kappa shape index (κ3) is 2.16. The van der Waals surface area contributed by atoms with Crippen LogP contribution >= 0.6 is 23.2 Å². The number of rotatable bonds is 3. The predicted molar refractivity (Wildman–Crippen MR) is 56.9 cm³/mol. The highest BCUT2D eigenvalue weighted by Crippen LogP contribution is 2.24. The van der Waals surface area contributed by atoms with Crippen LogP contribution < -0.4 is 0 Å². The first-order valence-corrected chi connectivity index (χ1v) is 5.05. The molecule has 5 heteroatoms. The molecule has 0 aliphatic heterocycles. The average molecular weight is 234 g/mol. The van der Waals surface area contributed by atoms with Crippen LogP contribution in [-0.2, 0) is 11.8 Å². The van der Waals surface area contributed by atoms with Crippen LogP contribution in [0.5, 0.6) is 0 Å². The van der Waals surface area contributed by atoms with Gasteiger partial charge < -0.3 is 0 Å². The lowest BCUT2D eigenvalue weighted by atomic mass is 10.0. The number of non-ortho nitro benzene ring substituents is 1. The molecule has 14 heavy (non-hydrogen) atoms. The Labute approximate surface area is 91.8 Å². The zero-order chi connectivity index (χ0) is 10.7. The van der Waals surface area contributed by atoms with Gasteiger partial charge in [0, 0.05) is 23.9 Å². The van der Waals surface area contributed by atoms with E-state index in [4.69, 9.17) is 23.2 Å². The van der Waals surface area contributed by atoms with Crippen molar-refractivity contribution < 1.29 is 4.92 Å². The molecule has 1 aromatic carbocycles. The van der Waals surface area contributed by atoms with Crippen LogP contribution in [0.4, 0.5) is 5.69 Å². The Bertz CT molecular complexity index is 341. The van der Waals surface area contributed by atoms with Crippen LogP contribution in [0.25, 0.3) is 0 Å². The van der Waals surface area contributed by atoms with Crippen molar-refractivity contribution >= 4 is 28.9 Å². The van der Waals surface area contributed by atoms with E-state index in [0.29, 0.717) is 0 Å². The first-order valence-electron chi connectivity index (χ1n) is 3.99. The fraction of sp³-hybridized carbons (Fsp3) is 0.333. The summed E-state index contributed by atoms with van der Waals surface area (Å²) in [7, 11) is 0. The lowest BCUT2D eigenvalue weighted by Crippen LogP contribution is -1.96. The molecule has 0 aliphatic carbocycles. The van der Waals surface area contributed by atoms with E-state index in [9.17, 15) is 10.1 Å². The van der Waals surface area contributed by atoms with E-state index in [2.05, 4.69) is 0 Å². The van der Waals surface area contributed by atoms with E-state index in [1.807, 2.05) is 6.92 Å². The minimum Gasteiger partial charge on any atom is -0.258 e. The van der Waals surface area contributed by atoms with Crippen molar-refractivity contribution in [1.82, 2.24) is 0 Å². The molecule has 0 amide bonds. The van der Waals surface area contributed by atoms with Gasteiger partial charge in [0.25, 0.3) is 5.69 Å². The number of alkyl halides is 2. The number of nitrogens with zero attached hydrogens (tertiary/aromatic N) is 1. The fourth-order valence-corrected chi connectivity index (χ4v) is 1.76. The van der Waals surface area contributed by atoms with Gasteiger partial charge in [-0.05, 0) is 23.6 Å². The van der Waals surface area contributed by atoms with Gasteiger partial charge in [-0.3, -0.25) is 10.1 Å². The molecule has 0 radical (unpaired) electrons. The molecule has 0 aliphatic rings. The predicted octanol–water partition coefficient (Wildman–Crippen LogP) is 3.38. The summed E-state index contributed by atoms with van der Waals surface area (Å²) in [4.78, 5) is 10.1. The minimum atomic E-state index is -0.439. The van der Waals surface area contributed by atoms with Crippen LogP contribution in [0.1, 0.15) is 16.7 Å². The molecule has 0 aromatic heterocycles. The quantitative estimate of drug-likeness (QED) is 0.457. The molecular formula is C9H9Cl2NO2. The van der Waals surface area contributed by atoms with Gasteiger partial charge >= 0.3 is 0 Å². The molecule has 0 heterocycles. The van der Waals surface area contributed by atoms with Crippen molar-refractivity contribution in [3.05, 3.63) is 38.9 Å². The van der Waals surface area contributed by atoms with E-state index in [1.165, 1.54) is 12.1 Å². The zero-order valence-electron chi connectivity index (χ0n) is 7.59. The maximum atomic E-state index is 10.6. The molecule has 0 spiro atoms. The summed E-state index contributed by atoms with van der Waals surface area (Å²) in [5.41, 5.74) is 2.50.